The third-order valence-electron chi connectivity index (χ3n) is 11.3. The Morgan fingerprint density at radius 3 is 2.14 bits per heavy atom. The number of hydrogen-bond acceptors (Lipinski definition) is 6. The molecule has 0 radical (unpaired) electrons. The maximum Gasteiger partial charge on any atom is 0.389 e. The number of urea groups is 1. The number of halogens is 3. The summed E-state index contributed by atoms with van der Waals surface area (Å²) >= 11 is 0. The molecule has 1 unspecified atom stereocenters. The van der Waals surface area contributed by atoms with Gasteiger partial charge in [-0.05, 0) is 67.1 Å². The zero-order valence-electron chi connectivity index (χ0n) is 29.6. The normalized spacial score (nSPS) is 25.4. The van der Waals surface area contributed by atoms with E-state index in [0.29, 0.717) is 0 Å². The second-order valence-electron chi connectivity index (χ2n) is 16.5. The van der Waals surface area contributed by atoms with Crippen LogP contribution >= 0.6 is 0 Å². The molecule has 4 rings (SSSR count). The van der Waals surface area contributed by atoms with E-state index in [1.54, 1.807) is 20.8 Å². The van der Waals surface area contributed by atoms with Gasteiger partial charge in [-0.2, -0.15) is 13.2 Å². The Morgan fingerprint density at radius 1 is 0.959 bits per heavy atom. The first-order valence-electron chi connectivity index (χ1n) is 18.0. The van der Waals surface area contributed by atoms with E-state index in [4.69, 9.17) is 0 Å². The first kappa shape index (κ1) is 38.7. The van der Waals surface area contributed by atoms with Crippen molar-refractivity contribution in [2.75, 3.05) is 6.54 Å². The lowest BCUT2D eigenvalue weighted by Gasteiger charge is -2.38. The summed E-state index contributed by atoms with van der Waals surface area (Å²) in [6.07, 6.45) is 0.543. The fourth-order valence-corrected chi connectivity index (χ4v) is 8.13. The number of alkyl halides is 3. The Hall–Kier alpha value is -3.05. The van der Waals surface area contributed by atoms with Crippen LogP contribution in [0.15, 0.2) is 12.7 Å². The zero-order valence-corrected chi connectivity index (χ0v) is 29.6. The topological polar surface area (TPSA) is 130 Å². The van der Waals surface area contributed by atoms with Crippen molar-refractivity contribution in [3.63, 3.8) is 0 Å². The second-order valence-corrected chi connectivity index (χ2v) is 16.5. The third kappa shape index (κ3) is 9.39. The van der Waals surface area contributed by atoms with Crippen molar-refractivity contribution in [1.29, 1.82) is 0 Å². The molecule has 0 spiro atoms. The van der Waals surface area contributed by atoms with Gasteiger partial charge in [0.25, 0.3) is 0 Å². The monoisotopic (exact) mass is 693 g/mol. The summed E-state index contributed by atoms with van der Waals surface area (Å²) in [6, 6.07) is -3.38. The van der Waals surface area contributed by atoms with Crippen molar-refractivity contribution in [2.45, 2.75) is 136 Å². The van der Waals surface area contributed by atoms with Gasteiger partial charge in [0.1, 0.15) is 6.04 Å². The van der Waals surface area contributed by atoms with Crippen molar-refractivity contribution >= 4 is 35.1 Å². The molecule has 49 heavy (non-hydrogen) atoms. The first-order chi connectivity index (χ1) is 22.8. The van der Waals surface area contributed by atoms with Gasteiger partial charge in [0.2, 0.25) is 11.7 Å². The number of Topliss-reactive ketones (excluding diaryl/α,β-unsaturated/α-hetero) is 4. The molecule has 3 aliphatic carbocycles. The van der Waals surface area contributed by atoms with Gasteiger partial charge < -0.3 is 15.5 Å². The van der Waals surface area contributed by atoms with Crippen molar-refractivity contribution < 1.29 is 41.9 Å². The fraction of sp³-hybridized carbons (Fsp3) is 0.784. The number of rotatable bonds is 16. The second kappa shape index (κ2) is 15.1. The quantitative estimate of drug-likeness (QED) is 0.148. The van der Waals surface area contributed by atoms with E-state index >= 15 is 0 Å². The molecule has 2 N–H and O–H groups in total. The fourth-order valence-electron chi connectivity index (χ4n) is 8.13. The summed E-state index contributed by atoms with van der Waals surface area (Å²) in [6.45, 7) is 13.0. The minimum atomic E-state index is -4.59. The van der Waals surface area contributed by atoms with E-state index in [2.05, 4.69) is 17.2 Å². The first-order valence-corrected chi connectivity index (χ1v) is 18.0. The lowest BCUT2D eigenvalue weighted by molar-refractivity contribution is -0.148. The van der Waals surface area contributed by atoms with Crippen LogP contribution in [-0.2, 0) is 24.0 Å². The molecule has 6 atom stereocenters. The van der Waals surface area contributed by atoms with Crippen LogP contribution in [0.1, 0.15) is 112 Å². The molecule has 274 valence electrons. The van der Waals surface area contributed by atoms with Crippen LogP contribution in [0.2, 0.25) is 0 Å². The number of piperidine rings is 1. The summed E-state index contributed by atoms with van der Waals surface area (Å²) in [5.41, 5.74) is -1.13. The average Bonchev–Trinajstić information content (AvgIpc) is 3.91. The minimum Gasteiger partial charge on any atom is -0.330 e. The molecule has 4 fully saturated rings. The summed E-state index contributed by atoms with van der Waals surface area (Å²) in [5.74, 6) is -4.71. The van der Waals surface area contributed by atoms with E-state index in [9.17, 15) is 41.9 Å². The summed E-state index contributed by atoms with van der Waals surface area (Å²) in [7, 11) is 0. The Kier molecular flexibility index (Phi) is 11.9. The molecule has 1 heterocycles. The number of carbonyl (C=O) groups is 6. The average molecular weight is 694 g/mol. The summed E-state index contributed by atoms with van der Waals surface area (Å²) in [5, 5.41) is 5.73. The van der Waals surface area contributed by atoms with Crippen LogP contribution in [0, 0.1) is 40.4 Å². The highest BCUT2D eigenvalue weighted by Gasteiger charge is 2.69. The standard InChI is InChI=1S/C37H54F3N3O6/c1-7-8-14-25(44)30(46)23(17-18-37(38,39)40)19-26(45)29-27-24(36(27,5)6)20-43(29)33(48)32(35(2,3)4)42-34(49)41-28(31(47)22-15-16-22)21-12-10-9-11-13-21/h7,21-24,27-29,32H,1,8-20H2,2-6H3,(H2,41,42,49)/t23?,24-,27-,28-,29+,32+/m0/s1. The van der Waals surface area contributed by atoms with E-state index in [1.165, 1.54) is 11.0 Å². The van der Waals surface area contributed by atoms with E-state index in [1.807, 2.05) is 13.8 Å². The highest BCUT2D eigenvalue weighted by Crippen LogP contribution is 2.65. The minimum absolute atomic E-state index is 0.0305. The van der Waals surface area contributed by atoms with Gasteiger partial charge in [-0.1, -0.05) is 60.0 Å². The predicted molar refractivity (Wildman–Crippen MR) is 177 cm³/mol. The van der Waals surface area contributed by atoms with Crippen LogP contribution in [0.5, 0.6) is 0 Å². The lowest BCUT2D eigenvalue weighted by atomic mass is 9.81. The molecule has 0 aromatic heterocycles. The number of carbonyl (C=O) groups excluding carboxylic acids is 6. The largest absolute Gasteiger partial charge is 0.389 e. The molecule has 4 aliphatic rings. The van der Waals surface area contributed by atoms with Crippen LogP contribution in [0.25, 0.3) is 0 Å². The molecule has 9 nitrogen and oxygen atoms in total. The van der Waals surface area contributed by atoms with Crippen molar-refractivity contribution in [2.24, 2.45) is 40.4 Å². The molecular formula is C37H54F3N3O6. The Labute approximate surface area is 287 Å². The van der Waals surface area contributed by atoms with Crippen LogP contribution in [-0.4, -0.2) is 70.8 Å². The van der Waals surface area contributed by atoms with Crippen molar-refractivity contribution in [3.05, 3.63) is 12.7 Å². The van der Waals surface area contributed by atoms with Crippen molar-refractivity contribution in [1.82, 2.24) is 15.5 Å². The lowest BCUT2D eigenvalue weighted by Crippen LogP contribution is -2.61. The molecule has 12 heteroatoms. The molecule has 1 saturated heterocycles. The number of nitrogens with zero attached hydrogens (tertiary/aromatic N) is 1. The Balaban J connectivity index is 1.53. The van der Waals surface area contributed by atoms with Crippen LogP contribution in [0.3, 0.4) is 0 Å². The zero-order chi connectivity index (χ0) is 36.5. The maximum absolute atomic E-state index is 14.3. The van der Waals surface area contributed by atoms with Gasteiger partial charge in [-0.15, -0.1) is 6.58 Å². The van der Waals surface area contributed by atoms with Gasteiger partial charge in [0.05, 0.1) is 12.1 Å². The maximum atomic E-state index is 14.3. The predicted octanol–water partition coefficient (Wildman–Crippen LogP) is 6.13. The number of ketones is 4. The summed E-state index contributed by atoms with van der Waals surface area (Å²) < 4.78 is 39.7. The highest BCUT2D eigenvalue weighted by atomic mass is 19.4. The molecule has 3 saturated carbocycles. The van der Waals surface area contributed by atoms with Crippen LogP contribution in [0.4, 0.5) is 18.0 Å². The molecule has 3 amide bonds. The number of fused-ring (bicyclic) bond motifs is 1. The number of hydrogen-bond donors (Lipinski definition) is 2. The third-order valence-corrected chi connectivity index (χ3v) is 11.3. The van der Waals surface area contributed by atoms with E-state index in [-0.39, 0.29) is 54.3 Å². The summed E-state index contributed by atoms with van der Waals surface area (Å²) in [4.78, 5) is 82.2. The van der Waals surface area contributed by atoms with E-state index < -0.39 is 84.2 Å². The molecule has 0 aromatic rings. The van der Waals surface area contributed by atoms with Crippen LogP contribution < -0.4 is 10.6 Å². The van der Waals surface area contributed by atoms with Gasteiger partial charge in [-0.25, -0.2) is 4.79 Å². The molecule has 1 aliphatic heterocycles. The van der Waals surface area contributed by atoms with Crippen molar-refractivity contribution in [3.8, 4) is 0 Å². The molecule has 0 aromatic carbocycles. The number of nitrogens with one attached hydrogen (secondary N) is 2. The van der Waals surface area contributed by atoms with Gasteiger partial charge in [0, 0.05) is 37.6 Å². The Morgan fingerprint density at radius 2 is 1.59 bits per heavy atom. The Bertz CT molecular complexity index is 1310. The number of likely N-dealkylation sites (tertiary alicyclic amines) is 1. The van der Waals surface area contributed by atoms with E-state index in [0.717, 1.165) is 44.9 Å². The SMILES string of the molecule is C=CCCC(=O)C(=O)C(CCC(F)(F)F)CC(=O)[C@@H]1[C@@H]2[C@H](CN1C(=O)[C@@H](NC(=O)N[C@H](C(=O)C1CC1)C1CCCCC1)C(C)(C)C)C2(C)C. The highest BCUT2D eigenvalue weighted by molar-refractivity contribution is 6.38. The smallest absolute Gasteiger partial charge is 0.330 e. The van der Waals surface area contributed by atoms with Gasteiger partial charge >= 0.3 is 12.2 Å². The molecular weight excluding hydrogens is 639 g/mol. The number of amides is 3. The molecule has 0 bridgehead atoms. The van der Waals surface area contributed by atoms with Gasteiger partial charge in [-0.3, -0.25) is 24.0 Å². The van der Waals surface area contributed by atoms with Gasteiger partial charge in [0.15, 0.2) is 17.3 Å². The number of allylic oxidation sites excluding steroid dienone is 1.